The maximum Gasteiger partial charge on any atom is 0.175 e. The molecule has 3 atom stereocenters. The lowest BCUT2D eigenvalue weighted by molar-refractivity contribution is 0.282. The maximum atomic E-state index is 6.61. The zero-order chi connectivity index (χ0) is 23.1. The molecule has 1 heterocycles. The predicted octanol–water partition coefficient (Wildman–Crippen LogP) is 8.82. The van der Waals surface area contributed by atoms with E-state index in [0.29, 0.717) is 33.2 Å². The first-order chi connectivity index (χ1) is 16.0. The fourth-order valence-corrected chi connectivity index (χ4v) is 6.16. The van der Waals surface area contributed by atoms with Crippen molar-refractivity contribution in [1.82, 2.24) is 0 Å². The summed E-state index contributed by atoms with van der Waals surface area (Å²) in [6.45, 7) is 0.452. The normalized spacial score (nSPS) is 20.7. The number of methoxy groups -OCH3 is 1. The Morgan fingerprint density at radius 2 is 1.85 bits per heavy atom. The van der Waals surface area contributed by atoms with Crippen LogP contribution in [-0.4, -0.2) is 7.11 Å². The summed E-state index contributed by atoms with van der Waals surface area (Å²) in [7, 11) is 1.66. The number of allylic oxidation sites excluding steroid dienone is 2. The Morgan fingerprint density at radius 1 is 1.06 bits per heavy atom. The van der Waals surface area contributed by atoms with Crippen LogP contribution in [0.25, 0.3) is 0 Å². The molecule has 7 heteroatoms. The SMILES string of the molecule is COc1cc([C@@H]2Nc3c(Cl)cc(Cl)c(Cl)c3[C@H]3C=CC[C@H]32)cc(Br)c1OCc1ccccc1. The van der Waals surface area contributed by atoms with Gasteiger partial charge in [-0.05, 0) is 57.6 Å². The van der Waals surface area contributed by atoms with Crippen LogP contribution in [0.3, 0.4) is 0 Å². The molecule has 3 aromatic rings. The van der Waals surface area contributed by atoms with Crippen molar-refractivity contribution in [3.63, 3.8) is 0 Å². The first kappa shape index (κ1) is 22.9. The van der Waals surface area contributed by atoms with Crippen molar-refractivity contribution in [2.45, 2.75) is 25.0 Å². The fourth-order valence-electron chi connectivity index (χ4n) is 4.78. The second-order valence-electron chi connectivity index (χ2n) is 8.23. The summed E-state index contributed by atoms with van der Waals surface area (Å²) in [5.41, 5.74) is 3.98. The molecule has 5 rings (SSSR count). The van der Waals surface area contributed by atoms with Crippen molar-refractivity contribution in [2.24, 2.45) is 5.92 Å². The molecule has 0 amide bonds. The molecular formula is C26H21BrCl3NO2. The van der Waals surface area contributed by atoms with Gasteiger partial charge in [0.1, 0.15) is 6.61 Å². The monoisotopic (exact) mass is 563 g/mol. The van der Waals surface area contributed by atoms with Crippen LogP contribution >= 0.6 is 50.7 Å². The zero-order valence-electron chi connectivity index (χ0n) is 17.7. The molecule has 2 aliphatic rings. The van der Waals surface area contributed by atoms with E-state index in [4.69, 9.17) is 44.3 Å². The van der Waals surface area contributed by atoms with E-state index >= 15 is 0 Å². The molecule has 1 N–H and O–H groups in total. The molecule has 0 saturated carbocycles. The van der Waals surface area contributed by atoms with Crippen LogP contribution < -0.4 is 14.8 Å². The predicted molar refractivity (Wildman–Crippen MR) is 139 cm³/mol. The minimum atomic E-state index is 0.0145. The number of rotatable bonds is 5. The zero-order valence-corrected chi connectivity index (χ0v) is 21.6. The number of halogens is 4. The van der Waals surface area contributed by atoms with Gasteiger partial charge in [0.05, 0.1) is 38.4 Å². The lowest BCUT2D eigenvalue weighted by Gasteiger charge is -2.38. The number of benzene rings is 3. The van der Waals surface area contributed by atoms with Gasteiger partial charge >= 0.3 is 0 Å². The number of nitrogens with one attached hydrogen (secondary N) is 1. The van der Waals surface area contributed by atoms with E-state index in [9.17, 15) is 0 Å². The molecule has 33 heavy (non-hydrogen) atoms. The lowest BCUT2D eigenvalue weighted by atomic mass is 9.77. The second kappa shape index (κ2) is 9.42. The van der Waals surface area contributed by atoms with E-state index in [2.05, 4.69) is 39.5 Å². The van der Waals surface area contributed by atoms with Gasteiger partial charge in [-0.15, -0.1) is 0 Å². The molecule has 170 valence electrons. The van der Waals surface area contributed by atoms with Crippen molar-refractivity contribution < 1.29 is 9.47 Å². The highest BCUT2D eigenvalue weighted by Crippen LogP contribution is 2.55. The number of ether oxygens (including phenoxy) is 2. The van der Waals surface area contributed by atoms with Crippen molar-refractivity contribution in [3.8, 4) is 11.5 Å². The Hall–Kier alpha value is -1.85. The Morgan fingerprint density at radius 3 is 2.61 bits per heavy atom. The minimum absolute atomic E-state index is 0.0145. The van der Waals surface area contributed by atoms with E-state index in [1.807, 2.05) is 36.4 Å². The molecule has 0 spiro atoms. The van der Waals surface area contributed by atoms with Gasteiger partial charge in [-0.1, -0.05) is 77.3 Å². The summed E-state index contributed by atoms with van der Waals surface area (Å²) in [4.78, 5) is 0. The maximum absolute atomic E-state index is 6.61. The Balaban J connectivity index is 1.51. The molecule has 0 saturated heterocycles. The molecule has 1 aliphatic heterocycles. The van der Waals surface area contributed by atoms with E-state index in [1.54, 1.807) is 13.2 Å². The van der Waals surface area contributed by atoms with Crippen LogP contribution in [0.1, 0.15) is 35.1 Å². The standard InChI is InChI=1S/C26H21BrCl3NO2/c1-32-21-11-15(10-18(27)26(21)33-13-14-6-3-2-4-7-14)24-17-9-5-8-16(17)22-23(30)19(28)12-20(29)25(22)31-24/h2-8,10-12,16-17,24,31H,9,13H2,1H3/t16-,17+,24-/m0/s1. The summed E-state index contributed by atoms with van der Waals surface area (Å²) in [5, 5.41) is 5.25. The van der Waals surface area contributed by atoms with Crippen LogP contribution in [0.5, 0.6) is 11.5 Å². The second-order valence-corrected chi connectivity index (χ2v) is 10.3. The number of fused-ring (bicyclic) bond motifs is 3. The Kier molecular flexibility index (Phi) is 6.54. The van der Waals surface area contributed by atoms with E-state index < -0.39 is 0 Å². The van der Waals surface area contributed by atoms with Gasteiger partial charge in [-0.3, -0.25) is 0 Å². The van der Waals surface area contributed by atoms with E-state index in [1.165, 1.54) is 0 Å². The number of anilines is 1. The smallest absolute Gasteiger partial charge is 0.175 e. The highest BCUT2D eigenvalue weighted by molar-refractivity contribution is 9.10. The van der Waals surface area contributed by atoms with Crippen LogP contribution in [0.4, 0.5) is 5.69 Å². The van der Waals surface area contributed by atoms with Crippen LogP contribution in [-0.2, 0) is 6.61 Å². The molecule has 0 unspecified atom stereocenters. The summed E-state index contributed by atoms with van der Waals surface area (Å²) in [5.74, 6) is 1.76. The third-order valence-corrected chi connectivity index (χ3v) is 8.01. The van der Waals surface area contributed by atoms with Gasteiger partial charge in [0.25, 0.3) is 0 Å². The van der Waals surface area contributed by atoms with Gasteiger partial charge in [-0.2, -0.15) is 0 Å². The van der Waals surface area contributed by atoms with Crippen LogP contribution in [0.2, 0.25) is 15.1 Å². The minimum Gasteiger partial charge on any atom is -0.493 e. The summed E-state index contributed by atoms with van der Waals surface area (Å²) >= 11 is 23.3. The third kappa shape index (κ3) is 4.23. The van der Waals surface area contributed by atoms with E-state index in [-0.39, 0.29) is 17.9 Å². The number of hydrogen-bond donors (Lipinski definition) is 1. The Bertz CT molecular complexity index is 1230. The molecular weight excluding hydrogens is 545 g/mol. The lowest BCUT2D eigenvalue weighted by Crippen LogP contribution is -2.29. The highest BCUT2D eigenvalue weighted by atomic mass is 79.9. The Labute approximate surface area is 216 Å². The summed E-state index contributed by atoms with van der Waals surface area (Å²) in [6.07, 6.45) is 5.34. The largest absolute Gasteiger partial charge is 0.493 e. The van der Waals surface area contributed by atoms with Gasteiger partial charge in [-0.25, -0.2) is 0 Å². The highest BCUT2D eigenvalue weighted by Gasteiger charge is 2.41. The quantitative estimate of drug-likeness (QED) is 0.248. The molecule has 0 fully saturated rings. The molecule has 0 aromatic heterocycles. The average molecular weight is 566 g/mol. The van der Waals surface area contributed by atoms with Gasteiger partial charge < -0.3 is 14.8 Å². The van der Waals surface area contributed by atoms with Crippen molar-refractivity contribution >= 4 is 56.4 Å². The molecule has 3 aromatic carbocycles. The van der Waals surface area contributed by atoms with Crippen LogP contribution in [0, 0.1) is 5.92 Å². The van der Waals surface area contributed by atoms with Gasteiger partial charge in [0.15, 0.2) is 11.5 Å². The summed E-state index contributed by atoms with van der Waals surface area (Å²) < 4.78 is 12.7. The molecule has 0 radical (unpaired) electrons. The van der Waals surface area contributed by atoms with Crippen molar-refractivity contribution in [1.29, 1.82) is 0 Å². The van der Waals surface area contributed by atoms with Crippen molar-refractivity contribution in [3.05, 3.63) is 96.9 Å². The first-order valence-corrected chi connectivity index (χ1v) is 12.6. The fraction of sp³-hybridized carbons (Fsp3) is 0.231. The summed E-state index contributed by atoms with van der Waals surface area (Å²) in [6, 6.07) is 15.9. The van der Waals surface area contributed by atoms with Gasteiger partial charge in [0.2, 0.25) is 0 Å². The molecule has 0 bridgehead atoms. The van der Waals surface area contributed by atoms with Gasteiger partial charge in [0, 0.05) is 11.5 Å². The number of hydrogen-bond acceptors (Lipinski definition) is 3. The van der Waals surface area contributed by atoms with Crippen molar-refractivity contribution in [2.75, 3.05) is 12.4 Å². The average Bonchev–Trinajstić information content (AvgIpc) is 3.31. The van der Waals surface area contributed by atoms with E-state index in [0.717, 1.165) is 33.3 Å². The molecule has 1 aliphatic carbocycles. The molecule has 3 nitrogen and oxygen atoms in total. The topological polar surface area (TPSA) is 30.5 Å². The third-order valence-electron chi connectivity index (χ3n) is 6.32. The van der Waals surface area contributed by atoms with Crippen LogP contribution in [0.15, 0.2) is 65.2 Å². The first-order valence-electron chi connectivity index (χ1n) is 10.6.